The summed E-state index contributed by atoms with van der Waals surface area (Å²) in [4.78, 5) is 4.47. The zero-order valence-corrected chi connectivity index (χ0v) is 15.4. The summed E-state index contributed by atoms with van der Waals surface area (Å²) in [5.74, 6) is 1.28. The second-order valence-corrected chi connectivity index (χ2v) is 7.55. The van der Waals surface area contributed by atoms with Gasteiger partial charge in [0, 0.05) is 5.56 Å². The van der Waals surface area contributed by atoms with Gasteiger partial charge >= 0.3 is 0 Å². The molecule has 0 bridgehead atoms. The van der Waals surface area contributed by atoms with E-state index in [1.54, 1.807) is 62.6 Å². The lowest BCUT2D eigenvalue weighted by Gasteiger charge is -2.10. The number of aromatic nitrogens is 2. The minimum atomic E-state index is -3.68. The summed E-state index contributed by atoms with van der Waals surface area (Å²) in [5.41, 5.74) is 1.73. The molecule has 1 N–H and O–H groups in total. The first-order chi connectivity index (χ1) is 12.4. The highest BCUT2D eigenvalue weighted by Gasteiger charge is 2.22. The predicted molar refractivity (Wildman–Crippen MR) is 96.2 cm³/mol. The molecular formula is C18H19N3O4S. The van der Waals surface area contributed by atoms with Crippen LogP contribution in [0.4, 0.5) is 0 Å². The van der Waals surface area contributed by atoms with Crippen LogP contribution in [0.3, 0.4) is 0 Å². The Morgan fingerprint density at radius 3 is 2.35 bits per heavy atom. The Hall–Kier alpha value is -2.71. The third kappa shape index (κ3) is 3.92. The van der Waals surface area contributed by atoms with E-state index in [-0.39, 0.29) is 10.8 Å². The number of nitrogens with one attached hydrogen (secondary N) is 1. The molecule has 0 saturated carbocycles. The molecule has 0 amide bonds. The van der Waals surface area contributed by atoms with Crippen molar-refractivity contribution in [3.8, 4) is 17.1 Å². The first kappa shape index (κ1) is 18.1. The van der Waals surface area contributed by atoms with Gasteiger partial charge in [0.25, 0.3) is 0 Å². The summed E-state index contributed by atoms with van der Waals surface area (Å²) in [6.45, 7) is 3.54. The number of hydrogen-bond donors (Lipinski definition) is 1. The zero-order valence-electron chi connectivity index (χ0n) is 14.6. The van der Waals surface area contributed by atoms with Crippen molar-refractivity contribution in [2.24, 2.45) is 0 Å². The van der Waals surface area contributed by atoms with Crippen molar-refractivity contribution in [3.05, 3.63) is 60.0 Å². The van der Waals surface area contributed by atoms with E-state index in [0.29, 0.717) is 5.82 Å². The van der Waals surface area contributed by atoms with Gasteiger partial charge in [0.05, 0.1) is 18.0 Å². The lowest BCUT2D eigenvalue weighted by atomic mass is 10.2. The van der Waals surface area contributed by atoms with Crippen LogP contribution in [0.25, 0.3) is 11.4 Å². The van der Waals surface area contributed by atoms with Crippen LogP contribution >= 0.6 is 0 Å². The molecule has 0 spiro atoms. The molecule has 1 aromatic heterocycles. The molecule has 1 unspecified atom stereocenters. The van der Waals surface area contributed by atoms with Gasteiger partial charge < -0.3 is 9.26 Å². The normalized spacial score (nSPS) is 12.7. The van der Waals surface area contributed by atoms with Crippen LogP contribution in [0.15, 0.2) is 57.9 Å². The quantitative estimate of drug-likeness (QED) is 0.713. The van der Waals surface area contributed by atoms with E-state index in [1.807, 2.05) is 6.92 Å². The van der Waals surface area contributed by atoms with E-state index in [4.69, 9.17) is 9.26 Å². The summed E-state index contributed by atoms with van der Waals surface area (Å²) in [7, 11) is -2.10. The average Bonchev–Trinajstić information content (AvgIpc) is 3.12. The summed E-state index contributed by atoms with van der Waals surface area (Å²) in [6, 6.07) is 13.1. The van der Waals surface area contributed by atoms with Crippen LogP contribution in [0, 0.1) is 6.92 Å². The molecule has 7 nitrogen and oxygen atoms in total. The van der Waals surface area contributed by atoms with E-state index < -0.39 is 16.1 Å². The zero-order chi connectivity index (χ0) is 18.7. The summed E-state index contributed by atoms with van der Waals surface area (Å²) < 4.78 is 37.8. The molecule has 8 heteroatoms. The molecule has 0 radical (unpaired) electrons. The number of sulfonamides is 1. The fourth-order valence-electron chi connectivity index (χ4n) is 2.34. The van der Waals surface area contributed by atoms with Crippen molar-refractivity contribution in [2.45, 2.75) is 24.8 Å². The Bertz CT molecular complexity index is 980. The lowest BCUT2D eigenvalue weighted by Crippen LogP contribution is -2.27. The van der Waals surface area contributed by atoms with E-state index in [9.17, 15) is 8.42 Å². The maximum atomic E-state index is 12.5. The number of methoxy groups -OCH3 is 1. The summed E-state index contributed by atoms with van der Waals surface area (Å²) in [5, 5.41) is 3.92. The molecule has 2 aromatic carbocycles. The molecule has 0 saturated heterocycles. The van der Waals surface area contributed by atoms with Gasteiger partial charge in [0.15, 0.2) is 0 Å². The van der Waals surface area contributed by atoms with Gasteiger partial charge in [0.2, 0.25) is 21.7 Å². The maximum absolute atomic E-state index is 12.5. The molecule has 0 aliphatic rings. The number of ether oxygens (including phenoxy) is 1. The van der Waals surface area contributed by atoms with Gasteiger partial charge in [-0.15, -0.1) is 0 Å². The number of hydrogen-bond acceptors (Lipinski definition) is 6. The van der Waals surface area contributed by atoms with Crippen molar-refractivity contribution in [3.63, 3.8) is 0 Å². The van der Waals surface area contributed by atoms with E-state index in [0.717, 1.165) is 16.9 Å². The Balaban J connectivity index is 1.77. The Kier molecular flexibility index (Phi) is 5.06. The van der Waals surface area contributed by atoms with Gasteiger partial charge in [0.1, 0.15) is 5.75 Å². The summed E-state index contributed by atoms with van der Waals surface area (Å²) in [6.07, 6.45) is 0. The first-order valence-electron chi connectivity index (χ1n) is 7.96. The Labute approximate surface area is 152 Å². The fraction of sp³-hybridized carbons (Fsp3) is 0.222. The summed E-state index contributed by atoms with van der Waals surface area (Å²) >= 11 is 0. The minimum absolute atomic E-state index is 0.185. The third-order valence-corrected chi connectivity index (χ3v) is 5.38. The number of benzene rings is 2. The second-order valence-electron chi connectivity index (χ2n) is 5.84. The van der Waals surface area contributed by atoms with Gasteiger partial charge in [-0.05, 0) is 50.2 Å². The SMILES string of the molecule is COc1ccc(-c2noc(C(C)NS(=O)(=O)c3ccc(C)cc3)n2)cc1. The molecule has 3 rings (SSSR count). The Morgan fingerprint density at radius 2 is 1.73 bits per heavy atom. The van der Waals surface area contributed by atoms with E-state index in [1.165, 1.54) is 0 Å². The lowest BCUT2D eigenvalue weighted by molar-refractivity contribution is 0.354. The van der Waals surface area contributed by atoms with E-state index >= 15 is 0 Å². The van der Waals surface area contributed by atoms with Gasteiger partial charge in [-0.1, -0.05) is 22.9 Å². The highest BCUT2D eigenvalue weighted by molar-refractivity contribution is 7.89. The molecule has 0 aliphatic carbocycles. The van der Waals surface area contributed by atoms with Crippen molar-refractivity contribution < 1.29 is 17.7 Å². The third-order valence-electron chi connectivity index (χ3n) is 3.82. The minimum Gasteiger partial charge on any atom is -0.497 e. The van der Waals surface area contributed by atoms with Crippen LogP contribution in [-0.2, 0) is 10.0 Å². The largest absolute Gasteiger partial charge is 0.497 e. The van der Waals surface area contributed by atoms with Crippen LogP contribution in [0.1, 0.15) is 24.4 Å². The molecule has 3 aromatic rings. The molecule has 0 fully saturated rings. The predicted octanol–water partition coefficient (Wildman–Crippen LogP) is 3.09. The highest BCUT2D eigenvalue weighted by Crippen LogP contribution is 2.22. The molecule has 1 heterocycles. The van der Waals surface area contributed by atoms with Gasteiger partial charge in [-0.3, -0.25) is 0 Å². The second kappa shape index (κ2) is 7.27. The van der Waals surface area contributed by atoms with Gasteiger partial charge in [-0.2, -0.15) is 9.71 Å². The maximum Gasteiger partial charge on any atom is 0.244 e. The van der Waals surface area contributed by atoms with Crippen molar-refractivity contribution >= 4 is 10.0 Å². The smallest absolute Gasteiger partial charge is 0.244 e. The van der Waals surface area contributed by atoms with Crippen molar-refractivity contribution in [1.82, 2.24) is 14.9 Å². The van der Waals surface area contributed by atoms with E-state index in [2.05, 4.69) is 14.9 Å². The van der Waals surface area contributed by atoms with Crippen LogP contribution in [-0.4, -0.2) is 25.7 Å². The monoisotopic (exact) mass is 373 g/mol. The number of nitrogens with zero attached hydrogens (tertiary/aromatic N) is 2. The van der Waals surface area contributed by atoms with Crippen LogP contribution < -0.4 is 9.46 Å². The van der Waals surface area contributed by atoms with Crippen LogP contribution in [0.2, 0.25) is 0 Å². The first-order valence-corrected chi connectivity index (χ1v) is 9.44. The molecule has 136 valence electrons. The van der Waals surface area contributed by atoms with Crippen LogP contribution in [0.5, 0.6) is 5.75 Å². The number of rotatable bonds is 6. The molecule has 1 atom stereocenters. The molecule has 0 aliphatic heterocycles. The highest BCUT2D eigenvalue weighted by atomic mass is 32.2. The van der Waals surface area contributed by atoms with Gasteiger partial charge in [-0.25, -0.2) is 8.42 Å². The topological polar surface area (TPSA) is 94.3 Å². The Morgan fingerprint density at radius 1 is 1.08 bits per heavy atom. The molecule has 26 heavy (non-hydrogen) atoms. The molecular weight excluding hydrogens is 354 g/mol. The van der Waals surface area contributed by atoms with Crippen molar-refractivity contribution in [2.75, 3.05) is 7.11 Å². The average molecular weight is 373 g/mol. The fourth-order valence-corrected chi connectivity index (χ4v) is 3.53. The standard InChI is InChI=1S/C18H19N3O4S/c1-12-4-10-16(11-5-12)26(22,23)21-13(2)18-19-17(20-25-18)14-6-8-15(24-3)9-7-14/h4-11,13,21H,1-3H3. The van der Waals surface area contributed by atoms with Crippen molar-refractivity contribution in [1.29, 1.82) is 0 Å². The number of aryl methyl sites for hydroxylation is 1.